The molecule has 154 valence electrons. The molecule has 1 amide bonds. The lowest BCUT2D eigenvalue weighted by Gasteiger charge is -2.13. The minimum atomic E-state index is -0.605. The highest BCUT2D eigenvalue weighted by Gasteiger charge is 2.20. The monoisotopic (exact) mass is 470 g/mol. The van der Waals surface area contributed by atoms with Gasteiger partial charge in [-0.15, -0.1) is 16.4 Å². The van der Waals surface area contributed by atoms with Crippen molar-refractivity contribution >= 4 is 50.7 Å². The Balaban J connectivity index is 1.78. The maximum Gasteiger partial charge on any atom is 0.250 e. The number of tetrazole rings is 1. The molecule has 8 nitrogen and oxygen atoms in total. The Morgan fingerprint density at radius 1 is 1.10 bits per heavy atom. The Kier molecular flexibility index (Phi) is 4.66. The number of hydrogen-bond acceptors (Lipinski definition) is 6. The van der Waals surface area contributed by atoms with Crippen molar-refractivity contribution in [3.63, 3.8) is 0 Å². The van der Waals surface area contributed by atoms with Gasteiger partial charge in [0.05, 0.1) is 36.4 Å². The molecule has 5 aromatic rings. The van der Waals surface area contributed by atoms with E-state index in [1.165, 1.54) is 17.4 Å². The molecule has 0 saturated heterocycles. The third-order valence-electron chi connectivity index (χ3n) is 4.77. The number of carbonyl (C=O) groups is 1. The number of aromatic amines is 1. The molecule has 2 aromatic carbocycles. The maximum absolute atomic E-state index is 11.6. The van der Waals surface area contributed by atoms with E-state index in [1.807, 2.05) is 16.7 Å². The number of amides is 1. The lowest BCUT2D eigenvalue weighted by molar-refractivity contribution is 0.100. The zero-order chi connectivity index (χ0) is 21.7. The summed E-state index contributed by atoms with van der Waals surface area (Å²) in [5.41, 5.74) is 8.72. The number of thiophene rings is 1. The third-order valence-corrected chi connectivity index (χ3v) is 6.48. The molecule has 31 heavy (non-hydrogen) atoms. The van der Waals surface area contributed by atoms with Crippen LogP contribution in [-0.2, 0) is 0 Å². The van der Waals surface area contributed by atoms with Crippen LogP contribution in [0.3, 0.4) is 0 Å². The first-order valence-corrected chi connectivity index (χ1v) is 10.5. The average Bonchev–Trinajstić information content (AvgIpc) is 3.43. The van der Waals surface area contributed by atoms with Crippen molar-refractivity contribution in [1.29, 1.82) is 0 Å². The van der Waals surface area contributed by atoms with Crippen molar-refractivity contribution in [2.45, 2.75) is 0 Å². The van der Waals surface area contributed by atoms with E-state index in [4.69, 9.17) is 28.9 Å². The fourth-order valence-electron chi connectivity index (χ4n) is 3.40. The molecule has 0 atom stereocenters. The zero-order valence-corrected chi connectivity index (χ0v) is 17.8. The molecular weight excluding hydrogens is 459 g/mol. The number of aromatic hydroxyl groups is 1. The van der Waals surface area contributed by atoms with Crippen LogP contribution in [0.5, 0.6) is 5.75 Å². The summed E-state index contributed by atoms with van der Waals surface area (Å²) in [5, 5.41) is 24.4. The molecule has 5 rings (SSSR count). The number of primary amides is 1. The quantitative estimate of drug-likeness (QED) is 0.352. The SMILES string of the molecule is NC(=O)c1ccc(-n2c(-c3ccc(O)cc3Cl)cc3sc(-c4nnn[nH]4)cc32)cc1Cl. The number of nitrogens with zero attached hydrogens (tertiary/aromatic N) is 4. The molecule has 0 spiro atoms. The van der Waals surface area contributed by atoms with Gasteiger partial charge in [0, 0.05) is 11.3 Å². The molecule has 11 heteroatoms. The van der Waals surface area contributed by atoms with Crippen molar-refractivity contribution in [2.24, 2.45) is 5.73 Å². The van der Waals surface area contributed by atoms with Gasteiger partial charge in [-0.05, 0) is 59.0 Å². The minimum Gasteiger partial charge on any atom is -0.508 e. The Morgan fingerprint density at radius 2 is 1.94 bits per heavy atom. The van der Waals surface area contributed by atoms with Gasteiger partial charge in [0.2, 0.25) is 5.91 Å². The van der Waals surface area contributed by atoms with E-state index in [-0.39, 0.29) is 16.3 Å². The van der Waals surface area contributed by atoms with Gasteiger partial charge in [-0.2, -0.15) is 0 Å². The fraction of sp³-hybridized carbons (Fsp3) is 0. The molecule has 3 aromatic heterocycles. The van der Waals surface area contributed by atoms with Crippen LogP contribution in [0.15, 0.2) is 48.5 Å². The number of H-pyrrole nitrogens is 1. The van der Waals surface area contributed by atoms with Crippen molar-refractivity contribution in [3.05, 3.63) is 64.1 Å². The Hall–Kier alpha value is -3.40. The first kappa shape index (κ1) is 19.6. The molecule has 0 unspecified atom stereocenters. The standard InChI is InChI=1S/C20H12Cl2N6O2S/c21-13-5-9(1-3-12(13)19(23)30)28-15(11-4-2-10(29)6-14(11)22)7-17-16(28)8-18(31-17)20-24-26-27-25-20/h1-8,29H,(H2,23,30)(H,24,25,26,27). The van der Waals surface area contributed by atoms with Crippen molar-refractivity contribution < 1.29 is 9.90 Å². The summed E-state index contributed by atoms with van der Waals surface area (Å²) in [6, 6.07) is 13.8. The molecule has 3 heterocycles. The summed E-state index contributed by atoms with van der Waals surface area (Å²) in [7, 11) is 0. The number of fused-ring (bicyclic) bond motifs is 1. The molecule has 0 aliphatic heterocycles. The van der Waals surface area contributed by atoms with Crippen LogP contribution in [0.1, 0.15) is 10.4 Å². The van der Waals surface area contributed by atoms with Gasteiger partial charge in [0.1, 0.15) is 5.75 Å². The number of phenols is 1. The van der Waals surface area contributed by atoms with Crippen molar-refractivity contribution in [1.82, 2.24) is 25.2 Å². The van der Waals surface area contributed by atoms with E-state index in [0.717, 1.165) is 26.4 Å². The van der Waals surface area contributed by atoms with E-state index in [0.29, 0.717) is 16.5 Å². The molecule has 0 saturated carbocycles. The lowest BCUT2D eigenvalue weighted by atomic mass is 10.1. The van der Waals surface area contributed by atoms with E-state index >= 15 is 0 Å². The maximum atomic E-state index is 11.6. The number of nitrogens with one attached hydrogen (secondary N) is 1. The first-order chi connectivity index (χ1) is 14.9. The molecule has 4 N–H and O–H groups in total. The predicted molar refractivity (Wildman–Crippen MR) is 120 cm³/mol. The summed E-state index contributed by atoms with van der Waals surface area (Å²) >= 11 is 14.3. The van der Waals surface area contributed by atoms with Crippen LogP contribution in [0.2, 0.25) is 10.0 Å². The molecule has 0 aliphatic rings. The molecule has 0 bridgehead atoms. The number of benzene rings is 2. The fourth-order valence-corrected chi connectivity index (χ4v) is 4.96. The Morgan fingerprint density at radius 3 is 2.61 bits per heavy atom. The second-order valence-corrected chi connectivity index (χ2v) is 8.57. The summed E-state index contributed by atoms with van der Waals surface area (Å²) in [6.45, 7) is 0. The van der Waals surface area contributed by atoms with E-state index in [1.54, 1.807) is 30.3 Å². The zero-order valence-electron chi connectivity index (χ0n) is 15.5. The number of halogens is 2. The summed E-state index contributed by atoms with van der Waals surface area (Å²) in [4.78, 5) is 12.5. The van der Waals surface area contributed by atoms with Crippen LogP contribution in [-0.4, -0.2) is 36.2 Å². The summed E-state index contributed by atoms with van der Waals surface area (Å²) in [5.74, 6) is 0.0216. The van der Waals surface area contributed by atoms with Crippen molar-refractivity contribution in [2.75, 3.05) is 0 Å². The van der Waals surface area contributed by atoms with E-state index < -0.39 is 5.91 Å². The summed E-state index contributed by atoms with van der Waals surface area (Å²) in [6.07, 6.45) is 0. The number of nitrogens with two attached hydrogens (primary N) is 1. The van der Waals surface area contributed by atoms with Gasteiger partial charge in [0.25, 0.3) is 0 Å². The highest BCUT2D eigenvalue weighted by molar-refractivity contribution is 7.22. The smallest absolute Gasteiger partial charge is 0.250 e. The third kappa shape index (κ3) is 3.32. The largest absolute Gasteiger partial charge is 0.508 e. The second kappa shape index (κ2) is 7.38. The van der Waals surface area contributed by atoms with Gasteiger partial charge in [-0.3, -0.25) is 4.79 Å². The number of hydrogen-bond donors (Lipinski definition) is 3. The number of phenolic OH excluding ortho intramolecular Hbond substituents is 1. The van der Waals surface area contributed by atoms with Crippen LogP contribution in [0, 0.1) is 0 Å². The van der Waals surface area contributed by atoms with Crippen LogP contribution in [0.4, 0.5) is 0 Å². The normalized spacial score (nSPS) is 11.3. The second-order valence-electron chi connectivity index (χ2n) is 6.67. The summed E-state index contributed by atoms with van der Waals surface area (Å²) < 4.78 is 2.93. The van der Waals surface area contributed by atoms with Crippen LogP contribution < -0.4 is 5.73 Å². The van der Waals surface area contributed by atoms with Gasteiger partial charge < -0.3 is 15.4 Å². The number of aromatic nitrogens is 5. The molecule has 0 fully saturated rings. The predicted octanol–water partition coefficient (Wildman–Crippen LogP) is 4.65. The average molecular weight is 471 g/mol. The molecule has 0 aliphatic carbocycles. The highest BCUT2D eigenvalue weighted by Crippen LogP contribution is 2.41. The number of rotatable bonds is 4. The molecule has 0 radical (unpaired) electrons. The van der Waals surface area contributed by atoms with Gasteiger partial charge in [-0.25, -0.2) is 5.10 Å². The minimum absolute atomic E-state index is 0.0719. The van der Waals surface area contributed by atoms with E-state index in [9.17, 15) is 9.90 Å². The topological polar surface area (TPSA) is 123 Å². The Bertz CT molecular complexity index is 1460. The van der Waals surface area contributed by atoms with Gasteiger partial charge in [0.15, 0.2) is 5.82 Å². The van der Waals surface area contributed by atoms with E-state index in [2.05, 4.69) is 20.6 Å². The van der Waals surface area contributed by atoms with Gasteiger partial charge >= 0.3 is 0 Å². The molecular formula is C20H12Cl2N6O2S. The van der Waals surface area contributed by atoms with Crippen molar-refractivity contribution in [3.8, 4) is 33.4 Å². The first-order valence-electron chi connectivity index (χ1n) is 8.90. The lowest BCUT2D eigenvalue weighted by Crippen LogP contribution is -2.11. The van der Waals surface area contributed by atoms with Crippen LogP contribution in [0.25, 0.3) is 37.9 Å². The Labute approximate surface area is 188 Å². The van der Waals surface area contributed by atoms with Crippen LogP contribution >= 0.6 is 34.5 Å². The van der Waals surface area contributed by atoms with Gasteiger partial charge in [-0.1, -0.05) is 23.2 Å². The highest BCUT2D eigenvalue weighted by atomic mass is 35.5. The number of carbonyl (C=O) groups excluding carboxylic acids is 1.